The second-order valence-electron chi connectivity index (χ2n) is 5.00. The third kappa shape index (κ3) is 4.00. The van der Waals surface area contributed by atoms with Gasteiger partial charge in [-0.1, -0.05) is 18.6 Å². The summed E-state index contributed by atoms with van der Waals surface area (Å²) in [5.41, 5.74) is 9.58. The van der Waals surface area contributed by atoms with E-state index in [0.717, 1.165) is 12.0 Å². The number of hydrazone groups is 1. The van der Waals surface area contributed by atoms with Gasteiger partial charge in [-0.05, 0) is 34.4 Å². The Labute approximate surface area is 154 Å². The second kappa shape index (κ2) is 8.67. The highest BCUT2D eigenvalue weighted by atomic mass is 35.5. The number of halogens is 1. The van der Waals surface area contributed by atoms with Crippen molar-refractivity contribution < 1.29 is 21.8 Å². The zero-order valence-electron chi connectivity index (χ0n) is 13.7. The van der Waals surface area contributed by atoms with E-state index < -0.39 is 5.91 Å². The molecule has 0 atom stereocenters. The molecule has 0 radical (unpaired) electrons. The predicted octanol–water partition coefficient (Wildman–Crippen LogP) is -2.65. The Hall–Kier alpha value is -3.34. The molecular formula is C14H15ClN9O2-. The molecule has 136 valence electrons. The Morgan fingerprint density at radius 3 is 2.81 bits per heavy atom. The summed E-state index contributed by atoms with van der Waals surface area (Å²) in [5.74, 6) is -0.241. The van der Waals surface area contributed by atoms with Gasteiger partial charge in [0.1, 0.15) is 0 Å². The van der Waals surface area contributed by atoms with Gasteiger partial charge >= 0.3 is 0 Å². The van der Waals surface area contributed by atoms with Crippen molar-refractivity contribution in [2.75, 3.05) is 5.73 Å². The zero-order valence-corrected chi connectivity index (χ0v) is 14.5. The van der Waals surface area contributed by atoms with Gasteiger partial charge in [-0.25, -0.2) is 10.1 Å². The van der Waals surface area contributed by atoms with Crippen molar-refractivity contribution in [1.82, 2.24) is 35.7 Å². The molecule has 3 N–H and O–H groups in total. The molecule has 0 bridgehead atoms. The fourth-order valence-electron chi connectivity index (χ4n) is 2.11. The van der Waals surface area contributed by atoms with Crippen LogP contribution in [0.1, 0.15) is 35.1 Å². The molecule has 0 aliphatic heterocycles. The van der Waals surface area contributed by atoms with Crippen LogP contribution in [0.4, 0.5) is 5.82 Å². The molecule has 0 saturated heterocycles. The molecular weight excluding hydrogens is 362 g/mol. The van der Waals surface area contributed by atoms with E-state index in [1.807, 2.05) is 6.92 Å². The lowest BCUT2D eigenvalue weighted by atomic mass is 10.2. The number of carbonyl (C=O) groups excluding carboxylic acids is 1. The van der Waals surface area contributed by atoms with Crippen LogP contribution < -0.4 is 23.6 Å². The van der Waals surface area contributed by atoms with Crippen molar-refractivity contribution in [2.24, 2.45) is 5.10 Å². The van der Waals surface area contributed by atoms with Crippen LogP contribution in [-0.4, -0.2) is 42.4 Å². The maximum Gasteiger partial charge on any atom is 0.293 e. The van der Waals surface area contributed by atoms with Crippen LogP contribution in [0.2, 0.25) is 0 Å². The molecule has 0 saturated carbocycles. The molecule has 3 heterocycles. The fourth-order valence-corrected chi connectivity index (χ4v) is 2.11. The second-order valence-corrected chi connectivity index (χ2v) is 5.00. The summed E-state index contributed by atoms with van der Waals surface area (Å²) in [5, 5.41) is 18.9. The predicted molar refractivity (Wildman–Crippen MR) is 86.9 cm³/mol. The zero-order chi connectivity index (χ0) is 17.6. The third-order valence-electron chi connectivity index (χ3n) is 3.25. The van der Waals surface area contributed by atoms with Crippen LogP contribution in [0.25, 0.3) is 5.82 Å². The van der Waals surface area contributed by atoms with Gasteiger partial charge in [0.2, 0.25) is 11.6 Å². The van der Waals surface area contributed by atoms with Gasteiger partial charge in [0.25, 0.3) is 5.91 Å². The maximum atomic E-state index is 12.4. The SMILES string of the molecule is CCCc1c(C(=O)NN=Cc2ccncc2)nnn1-c1nonc1N.[Cl-]. The molecule has 3 aromatic rings. The molecule has 11 nitrogen and oxygen atoms in total. The number of pyridine rings is 1. The number of amides is 1. The van der Waals surface area contributed by atoms with E-state index in [2.05, 4.69) is 40.8 Å². The van der Waals surface area contributed by atoms with E-state index in [-0.39, 0.29) is 29.7 Å². The van der Waals surface area contributed by atoms with Crippen molar-refractivity contribution in [3.8, 4) is 5.82 Å². The van der Waals surface area contributed by atoms with E-state index >= 15 is 0 Å². The van der Waals surface area contributed by atoms with E-state index in [0.29, 0.717) is 12.1 Å². The molecule has 12 heteroatoms. The van der Waals surface area contributed by atoms with Crippen LogP contribution in [-0.2, 0) is 6.42 Å². The average molecular weight is 377 g/mol. The number of nitrogens with two attached hydrogens (primary N) is 1. The third-order valence-corrected chi connectivity index (χ3v) is 3.25. The summed E-state index contributed by atoms with van der Waals surface area (Å²) >= 11 is 0. The number of anilines is 1. The van der Waals surface area contributed by atoms with Gasteiger partial charge in [-0.15, -0.1) is 5.10 Å². The van der Waals surface area contributed by atoms with Crippen LogP contribution >= 0.6 is 0 Å². The molecule has 0 aliphatic carbocycles. The Balaban J connectivity index is 0.00000243. The van der Waals surface area contributed by atoms with Crippen LogP contribution in [0.5, 0.6) is 0 Å². The summed E-state index contributed by atoms with van der Waals surface area (Å²) in [7, 11) is 0. The first kappa shape index (κ1) is 19.0. The van der Waals surface area contributed by atoms with E-state index in [4.69, 9.17) is 5.73 Å². The number of aromatic nitrogens is 6. The molecule has 3 rings (SSSR count). The number of hydrogen-bond donors (Lipinski definition) is 2. The molecule has 3 aromatic heterocycles. The Morgan fingerprint density at radius 2 is 2.15 bits per heavy atom. The summed E-state index contributed by atoms with van der Waals surface area (Å²) in [6.07, 6.45) is 6.06. The van der Waals surface area contributed by atoms with Crippen molar-refractivity contribution >= 4 is 17.9 Å². The Morgan fingerprint density at radius 1 is 1.38 bits per heavy atom. The Bertz CT molecular complexity index is 891. The number of hydrogen-bond acceptors (Lipinski definition) is 9. The minimum absolute atomic E-state index is 0. The lowest BCUT2D eigenvalue weighted by Gasteiger charge is -2.03. The number of nitrogens with zero attached hydrogens (tertiary/aromatic N) is 7. The minimum atomic E-state index is -0.491. The topological polar surface area (TPSA) is 150 Å². The van der Waals surface area contributed by atoms with Gasteiger partial charge in [-0.3, -0.25) is 9.78 Å². The van der Waals surface area contributed by atoms with Gasteiger partial charge in [0.15, 0.2) is 5.69 Å². The molecule has 0 unspecified atom stereocenters. The average Bonchev–Trinajstić information content (AvgIpc) is 3.22. The monoisotopic (exact) mass is 376 g/mol. The number of carbonyl (C=O) groups is 1. The highest BCUT2D eigenvalue weighted by molar-refractivity contribution is 5.94. The van der Waals surface area contributed by atoms with Gasteiger partial charge < -0.3 is 18.1 Å². The fraction of sp³-hybridized carbons (Fsp3) is 0.214. The van der Waals surface area contributed by atoms with Crippen LogP contribution in [0.15, 0.2) is 34.3 Å². The summed E-state index contributed by atoms with van der Waals surface area (Å²) < 4.78 is 5.92. The Kier molecular flexibility index (Phi) is 6.33. The van der Waals surface area contributed by atoms with E-state index in [9.17, 15) is 4.79 Å². The van der Waals surface area contributed by atoms with Crippen LogP contribution in [0.3, 0.4) is 0 Å². The molecule has 0 spiro atoms. The summed E-state index contributed by atoms with van der Waals surface area (Å²) in [6, 6.07) is 3.52. The highest BCUT2D eigenvalue weighted by Gasteiger charge is 2.23. The van der Waals surface area contributed by atoms with Crippen molar-refractivity contribution in [1.29, 1.82) is 0 Å². The minimum Gasteiger partial charge on any atom is -1.00 e. The quantitative estimate of drug-likeness (QED) is 0.350. The van der Waals surface area contributed by atoms with Crippen LogP contribution in [0, 0.1) is 0 Å². The van der Waals surface area contributed by atoms with Gasteiger partial charge in [0.05, 0.1) is 11.9 Å². The van der Waals surface area contributed by atoms with Crippen molar-refractivity contribution in [3.05, 3.63) is 41.5 Å². The van der Waals surface area contributed by atoms with E-state index in [1.54, 1.807) is 24.5 Å². The highest BCUT2D eigenvalue weighted by Crippen LogP contribution is 2.17. The molecule has 1 amide bonds. The standard InChI is InChI=1S/C14H15N9O2.ClH/c1-2-3-10-11(18-22-23(10)13-12(15)20-25-21-13)14(24)19-17-8-9-4-6-16-7-5-9;/h4-8H,2-3H2,1H3,(H2,15,20)(H,19,24);1H/p-1. The molecule has 0 aliphatic rings. The van der Waals surface area contributed by atoms with Crippen molar-refractivity contribution in [3.63, 3.8) is 0 Å². The van der Waals surface area contributed by atoms with Gasteiger partial charge in [0, 0.05) is 12.4 Å². The summed E-state index contributed by atoms with van der Waals surface area (Å²) in [6.45, 7) is 1.96. The van der Waals surface area contributed by atoms with Crippen molar-refractivity contribution in [2.45, 2.75) is 19.8 Å². The molecule has 0 aromatic carbocycles. The first-order valence-corrected chi connectivity index (χ1v) is 7.47. The van der Waals surface area contributed by atoms with Gasteiger partial charge in [-0.2, -0.15) is 9.78 Å². The maximum absolute atomic E-state index is 12.4. The lowest BCUT2D eigenvalue weighted by Crippen LogP contribution is -3.00. The normalized spacial score (nSPS) is 10.7. The first-order valence-electron chi connectivity index (χ1n) is 7.47. The first-order chi connectivity index (χ1) is 12.2. The number of nitrogen functional groups attached to an aromatic ring is 1. The molecule has 26 heavy (non-hydrogen) atoms. The lowest BCUT2D eigenvalue weighted by molar-refractivity contribution is -0.0000139. The number of rotatable bonds is 6. The van der Waals surface area contributed by atoms with E-state index in [1.165, 1.54) is 10.9 Å². The smallest absolute Gasteiger partial charge is 0.293 e. The largest absolute Gasteiger partial charge is 1.00 e. The summed E-state index contributed by atoms with van der Waals surface area (Å²) in [4.78, 5) is 16.3. The number of nitrogens with one attached hydrogen (secondary N) is 1. The molecule has 0 fully saturated rings.